The number of hydrogen-bond donors (Lipinski definition) is 1. The van der Waals surface area contributed by atoms with Crippen LogP contribution in [0.1, 0.15) is 35.2 Å². The molecule has 0 saturated carbocycles. The average Bonchev–Trinajstić information content (AvgIpc) is 3.15. The van der Waals surface area contributed by atoms with Crippen LogP contribution in [-0.4, -0.2) is 46.8 Å². The van der Waals surface area contributed by atoms with Gasteiger partial charge in [-0.3, -0.25) is 9.36 Å². The molecule has 0 aliphatic heterocycles. The fourth-order valence-electron chi connectivity index (χ4n) is 3.69. The average molecular weight is 415 g/mol. The summed E-state index contributed by atoms with van der Waals surface area (Å²) < 4.78 is 1.84. The number of nitrogens with one attached hydrogen (secondary N) is 1. The van der Waals surface area contributed by atoms with Gasteiger partial charge >= 0.3 is 5.69 Å². The van der Waals surface area contributed by atoms with Crippen LogP contribution in [0, 0.1) is 13.8 Å². The lowest BCUT2D eigenvalue weighted by molar-refractivity contribution is -0.113. The number of thioether (sulfide) groups is 1. The largest absolute Gasteiger partial charge is 0.348 e. The summed E-state index contributed by atoms with van der Waals surface area (Å²) in [4.78, 5) is 31.5. The van der Waals surface area contributed by atoms with E-state index in [-0.39, 0.29) is 17.3 Å². The standard InChI is InChI=1S/C22H30N4O2S/c1-15-8-5-10-18(16(15)2)23-20(27)14-29-21-17-9-6-11-19(17)26(22(28)24-21)13-7-12-25(3)4/h5,8,10H,6-7,9,11-14H2,1-4H3,(H,23,27). The Bertz CT molecular complexity index is 953. The van der Waals surface area contributed by atoms with Gasteiger partial charge in [-0.1, -0.05) is 23.9 Å². The highest BCUT2D eigenvalue weighted by Crippen LogP contribution is 2.29. The third kappa shape index (κ3) is 5.28. The first-order valence-electron chi connectivity index (χ1n) is 10.1. The van der Waals surface area contributed by atoms with Crippen molar-refractivity contribution in [3.63, 3.8) is 0 Å². The first-order chi connectivity index (χ1) is 13.9. The summed E-state index contributed by atoms with van der Waals surface area (Å²) in [6.07, 6.45) is 3.80. The molecular formula is C22H30N4O2S. The Hall–Kier alpha value is -2.12. The van der Waals surface area contributed by atoms with Crippen molar-refractivity contribution < 1.29 is 4.79 Å². The fourth-order valence-corrected chi connectivity index (χ4v) is 4.56. The highest BCUT2D eigenvalue weighted by molar-refractivity contribution is 8.00. The Morgan fingerprint density at radius 1 is 1.28 bits per heavy atom. The first-order valence-corrected chi connectivity index (χ1v) is 11.1. The Morgan fingerprint density at radius 2 is 2.07 bits per heavy atom. The number of amides is 1. The summed E-state index contributed by atoms with van der Waals surface area (Å²) in [6, 6.07) is 5.88. The third-order valence-corrected chi connectivity index (χ3v) is 6.42. The number of aryl methyl sites for hydroxylation is 1. The summed E-state index contributed by atoms with van der Waals surface area (Å²) >= 11 is 1.37. The van der Waals surface area contributed by atoms with Gasteiger partial charge in [0.2, 0.25) is 5.91 Å². The molecule has 1 amide bonds. The molecular weight excluding hydrogens is 384 g/mol. The van der Waals surface area contributed by atoms with Gasteiger partial charge in [0.15, 0.2) is 0 Å². The van der Waals surface area contributed by atoms with E-state index < -0.39 is 0 Å². The Balaban J connectivity index is 1.69. The first kappa shape index (κ1) is 21.6. The van der Waals surface area contributed by atoms with Gasteiger partial charge in [0.25, 0.3) is 0 Å². The molecule has 1 N–H and O–H groups in total. The van der Waals surface area contributed by atoms with Gasteiger partial charge in [0, 0.05) is 23.5 Å². The number of benzene rings is 1. The van der Waals surface area contributed by atoms with Crippen LogP contribution in [0.3, 0.4) is 0 Å². The number of fused-ring (bicyclic) bond motifs is 1. The van der Waals surface area contributed by atoms with E-state index in [1.807, 2.05) is 50.7 Å². The van der Waals surface area contributed by atoms with E-state index in [4.69, 9.17) is 0 Å². The van der Waals surface area contributed by atoms with Crippen molar-refractivity contribution in [2.24, 2.45) is 0 Å². The van der Waals surface area contributed by atoms with Crippen molar-refractivity contribution in [3.8, 4) is 0 Å². The molecule has 1 aromatic heterocycles. The molecule has 6 nitrogen and oxygen atoms in total. The lowest BCUT2D eigenvalue weighted by Gasteiger charge is -2.15. The van der Waals surface area contributed by atoms with Gasteiger partial charge < -0.3 is 10.2 Å². The molecule has 1 aliphatic rings. The lowest BCUT2D eigenvalue weighted by atomic mass is 10.1. The number of aromatic nitrogens is 2. The van der Waals surface area contributed by atoms with E-state index >= 15 is 0 Å². The van der Waals surface area contributed by atoms with E-state index in [0.29, 0.717) is 6.54 Å². The molecule has 0 bridgehead atoms. The quantitative estimate of drug-likeness (QED) is 0.531. The Labute approximate surface area is 176 Å². The van der Waals surface area contributed by atoms with E-state index in [0.717, 1.165) is 65.3 Å². The smallest absolute Gasteiger partial charge is 0.325 e. The van der Waals surface area contributed by atoms with Gasteiger partial charge in [-0.05, 0) is 77.4 Å². The minimum absolute atomic E-state index is 0.0765. The molecule has 0 atom stereocenters. The summed E-state index contributed by atoms with van der Waals surface area (Å²) in [6.45, 7) is 5.67. The van der Waals surface area contributed by atoms with E-state index in [1.54, 1.807) is 0 Å². The molecule has 29 heavy (non-hydrogen) atoms. The maximum atomic E-state index is 12.6. The molecule has 1 heterocycles. The van der Waals surface area contributed by atoms with E-state index in [1.165, 1.54) is 11.8 Å². The maximum Gasteiger partial charge on any atom is 0.348 e. The number of anilines is 1. The number of carbonyl (C=O) groups excluding carboxylic acids is 1. The van der Waals surface area contributed by atoms with Gasteiger partial charge in [-0.2, -0.15) is 4.98 Å². The molecule has 0 saturated heterocycles. The molecule has 1 aliphatic carbocycles. The molecule has 3 rings (SSSR count). The highest BCUT2D eigenvalue weighted by atomic mass is 32.2. The predicted molar refractivity (Wildman–Crippen MR) is 119 cm³/mol. The maximum absolute atomic E-state index is 12.6. The molecule has 1 aromatic carbocycles. The van der Waals surface area contributed by atoms with Gasteiger partial charge in [-0.15, -0.1) is 0 Å². The van der Waals surface area contributed by atoms with Crippen LogP contribution >= 0.6 is 11.8 Å². The second-order valence-electron chi connectivity index (χ2n) is 7.87. The minimum Gasteiger partial charge on any atom is -0.325 e. The van der Waals surface area contributed by atoms with Gasteiger partial charge in [0.05, 0.1) is 5.75 Å². The van der Waals surface area contributed by atoms with Crippen molar-refractivity contribution in [1.82, 2.24) is 14.5 Å². The van der Waals surface area contributed by atoms with Crippen LogP contribution in [0.5, 0.6) is 0 Å². The van der Waals surface area contributed by atoms with Crippen LogP contribution in [0.25, 0.3) is 0 Å². The van der Waals surface area contributed by atoms with E-state index in [9.17, 15) is 9.59 Å². The lowest BCUT2D eigenvalue weighted by Crippen LogP contribution is -2.29. The number of carbonyl (C=O) groups is 1. The van der Waals surface area contributed by atoms with Crippen molar-refractivity contribution in [3.05, 3.63) is 51.1 Å². The fraction of sp³-hybridized carbons (Fsp3) is 0.500. The van der Waals surface area contributed by atoms with Crippen LogP contribution in [-0.2, 0) is 24.2 Å². The normalized spacial score (nSPS) is 13.0. The van der Waals surface area contributed by atoms with Gasteiger partial charge in [0.1, 0.15) is 5.03 Å². The summed E-state index contributed by atoms with van der Waals surface area (Å²) in [7, 11) is 4.07. The zero-order valence-corrected chi connectivity index (χ0v) is 18.6. The summed E-state index contributed by atoms with van der Waals surface area (Å²) in [5.74, 6) is 0.170. The number of nitrogens with zero attached hydrogens (tertiary/aromatic N) is 3. The molecule has 7 heteroatoms. The monoisotopic (exact) mass is 414 g/mol. The van der Waals surface area contributed by atoms with Crippen molar-refractivity contribution in [2.45, 2.75) is 51.1 Å². The zero-order valence-electron chi connectivity index (χ0n) is 17.7. The zero-order chi connectivity index (χ0) is 21.0. The second-order valence-corrected chi connectivity index (χ2v) is 8.84. The Kier molecular flexibility index (Phi) is 7.14. The third-order valence-electron chi connectivity index (χ3n) is 5.41. The summed E-state index contributed by atoms with van der Waals surface area (Å²) in [5, 5.41) is 3.70. The second kappa shape index (κ2) is 9.59. The highest BCUT2D eigenvalue weighted by Gasteiger charge is 2.22. The van der Waals surface area contributed by atoms with Crippen LogP contribution < -0.4 is 11.0 Å². The number of hydrogen-bond acceptors (Lipinski definition) is 5. The van der Waals surface area contributed by atoms with Crippen molar-refractivity contribution in [2.75, 3.05) is 31.7 Å². The predicted octanol–water partition coefficient (Wildman–Crippen LogP) is 3.03. The SMILES string of the molecule is Cc1cccc(NC(=O)CSc2nc(=O)n(CCCN(C)C)c3c2CCC3)c1C. The van der Waals surface area contributed by atoms with Crippen LogP contribution in [0.4, 0.5) is 5.69 Å². The topological polar surface area (TPSA) is 67.2 Å². The Morgan fingerprint density at radius 3 is 2.83 bits per heavy atom. The van der Waals surface area contributed by atoms with E-state index in [2.05, 4.69) is 15.2 Å². The van der Waals surface area contributed by atoms with Crippen molar-refractivity contribution >= 4 is 23.4 Å². The number of rotatable bonds is 8. The van der Waals surface area contributed by atoms with Crippen molar-refractivity contribution in [1.29, 1.82) is 0 Å². The molecule has 0 spiro atoms. The van der Waals surface area contributed by atoms with Crippen LogP contribution in [0.15, 0.2) is 28.0 Å². The van der Waals surface area contributed by atoms with Gasteiger partial charge in [-0.25, -0.2) is 4.79 Å². The minimum atomic E-state index is -0.193. The molecule has 0 radical (unpaired) electrons. The molecule has 0 unspecified atom stereocenters. The molecule has 156 valence electrons. The molecule has 2 aromatic rings. The molecule has 0 fully saturated rings. The summed E-state index contributed by atoms with van der Waals surface area (Å²) in [5.41, 5.74) is 5.13. The van der Waals surface area contributed by atoms with Crippen LogP contribution in [0.2, 0.25) is 0 Å².